The van der Waals surface area contributed by atoms with E-state index in [-0.39, 0.29) is 18.5 Å². The Labute approximate surface area is 196 Å². The molecule has 2 heterocycles. The van der Waals surface area contributed by atoms with Crippen LogP contribution in [0.15, 0.2) is 72.8 Å². The minimum atomic E-state index is -0.620. The number of carbonyl (C=O) groups is 2. The quantitative estimate of drug-likeness (QED) is 0.388. The normalized spacial score (nSPS) is 15.1. The maximum atomic E-state index is 15.0. The second-order valence-corrected chi connectivity index (χ2v) is 8.16. The van der Waals surface area contributed by atoms with Gasteiger partial charge in [-0.25, -0.2) is 14.0 Å². The predicted molar refractivity (Wildman–Crippen MR) is 128 cm³/mol. The number of rotatable bonds is 4. The fourth-order valence-electron chi connectivity index (χ4n) is 4.61. The summed E-state index contributed by atoms with van der Waals surface area (Å²) in [4.78, 5) is 30.6. The average molecular weight is 458 g/mol. The van der Waals surface area contributed by atoms with Crippen molar-refractivity contribution in [1.29, 1.82) is 0 Å². The summed E-state index contributed by atoms with van der Waals surface area (Å²) in [6.45, 7) is 2.42. The minimum Gasteiger partial charge on any atom is -0.462 e. The van der Waals surface area contributed by atoms with E-state index < -0.39 is 12.0 Å². The highest BCUT2D eigenvalue weighted by atomic mass is 19.1. The lowest BCUT2D eigenvalue weighted by atomic mass is 9.92. The zero-order valence-corrected chi connectivity index (χ0v) is 18.7. The standard InChI is InChI=1S/C27H24FN3O3/c1-2-34-26(32)17-8-7-9-18(16-17)29-27(33)31-15-14-20-19-10-4-6-13-23(19)30-24(20)25(31)21-11-3-5-12-22(21)28/h3-13,16,25,30H,2,14-15H2,1H3,(H,29,33). The van der Waals surface area contributed by atoms with E-state index in [0.717, 1.165) is 22.2 Å². The van der Waals surface area contributed by atoms with Crippen LogP contribution in [0.25, 0.3) is 10.9 Å². The Morgan fingerprint density at radius 2 is 1.88 bits per heavy atom. The van der Waals surface area contributed by atoms with Gasteiger partial charge >= 0.3 is 12.0 Å². The number of H-pyrrole nitrogens is 1. The molecule has 2 N–H and O–H groups in total. The molecule has 172 valence electrons. The van der Waals surface area contributed by atoms with E-state index in [1.165, 1.54) is 6.07 Å². The molecule has 7 heteroatoms. The Balaban J connectivity index is 1.52. The van der Waals surface area contributed by atoms with Crippen LogP contribution in [-0.4, -0.2) is 35.0 Å². The van der Waals surface area contributed by atoms with Crippen LogP contribution in [0.3, 0.4) is 0 Å². The molecule has 34 heavy (non-hydrogen) atoms. The summed E-state index contributed by atoms with van der Waals surface area (Å²) in [5.74, 6) is -0.829. The van der Waals surface area contributed by atoms with Gasteiger partial charge in [0, 0.05) is 34.4 Å². The van der Waals surface area contributed by atoms with Gasteiger partial charge < -0.3 is 19.9 Å². The number of ether oxygens (including phenoxy) is 1. The average Bonchev–Trinajstić information content (AvgIpc) is 3.23. The molecule has 0 saturated carbocycles. The number of carbonyl (C=O) groups excluding carboxylic acids is 2. The van der Waals surface area contributed by atoms with Crippen molar-refractivity contribution in [2.24, 2.45) is 0 Å². The summed E-state index contributed by atoms with van der Waals surface area (Å²) in [6, 6.07) is 20.1. The number of anilines is 1. The Morgan fingerprint density at radius 3 is 2.71 bits per heavy atom. The molecule has 1 unspecified atom stereocenters. The topological polar surface area (TPSA) is 74.4 Å². The highest BCUT2D eigenvalue weighted by Crippen LogP contribution is 2.39. The molecule has 1 aliphatic rings. The number of esters is 1. The van der Waals surface area contributed by atoms with Gasteiger partial charge in [-0.3, -0.25) is 0 Å². The van der Waals surface area contributed by atoms with Gasteiger partial charge in [0.1, 0.15) is 11.9 Å². The number of para-hydroxylation sites is 1. The molecule has 4 aromatic rings. The third-order valence-corrected chi connectivity index (χ3v) is 6.12. The molecule has 0 spiro atoms. The van der Waals surface area contributed by atoms with Gasteiger partial charge in [0.05, 0.1) is 12.2 Å². The molecule has 0 saturated heterocycles. The van der Waals surface area contributed by atoms with E-state index in [9.17, 15) is 14.0 Å². The van der Waals surface area contributed by atoms with Crippen molar-refractivity contribution in [3.63, 3.8) is 0 Å². The zero-order valence-electron chi connectivity index (χ0n) is 18.7. The summed E-state index contributed by atoms with van der Waals surface area (Å²) >= 11 is 0. The molecule has 3 aromatic carbocycles. The number of hydrogen-bond acceptors (Lipinski definition) is 3. The smallest absolute Gasteiger partial charge is 0.338 e. The van der Waals surface area contributed by atoms with Crippen LogP contribution in [0.4, 0.5) is 14.9 Å². The second kappa shape index (κ2) is 9.02. The third kappa shape index (κ3) is 3.90. The number of hydrogen-bond donors (Lipinski definition) is 2. The van der Waals surface area contributed by atoms with Crippen LogP contribution >= 0.6 is 0 Å². The van der Waals surface area contributed by atoms with Gasteiger partial charge in [-0.1, -0.05) is 42.5 Å². The Morgan fingerprint density at radius 1 is 1.09 bits per heavy atom. The van der Waals surface area contributed by atoms with Crippen LogP contribution < -0.4 is 5.32 Å². The SMILES string of the molecule is CCOC(=O)c1cccc(NC(=O)N2CCc3c([nH]c4ccccc34)C2c2ccccc2F)c1. The lowest BCUT2D eigenvalue weighted by molar-refractivity contribution is 0.0526. The summed E-state index contributed by atoms with van der Waals surface area (Å²) in [7, 11) is 0. The molecular weight excluding hydrogens is 433 g/mol. The number of aromatic nitrogens is 1. The van der Waals surface area contributed by atoms with Crippen LogP contribution in [0, 0.1) is 5.82 Å². The van der Waals surface area contributed by atoms with Gasteiger partial charge in [-0.05, 0) is 49.2 Å². The summed E-state index contributed by atoms with van der Waals surface area (Å²) in [5.41, 5.74) is 4.10. The predicted octanol–water partition coefficient (Wildman–Crippen LogP) is 5.66. The van der Waals surface area contributed by atoms with Crippen LogP contribution in [0.1, 0.15) is 40.1 Å². The van der Waals surface area contributed by atoms with Crippen molar-refractivity contribution in [3.05, 3.63) is 101 Å². The van der Waals surface area contributed by atoms with Crippen LogP contribution in [0.5, 0.6) is 0 Å². The number of urea groups is 1. The lowest BCUT2D eigenvalue weighted by Crippen LogP contribution is -2.43. The van der Waals surface area contributed by atoms with Crippen LogP contribution in [-0.2, 0) is 11.2 Å². The van der Waals surface area contributed by atoms with E-state index in [2.05, 4.69) is 10.3 Å². The molecule has 1 aromatic heterocycles. The van der Waals surface area contributed by atoms with Crippen molar-refractivity contribution >= 4 is 28.6 Å². The number of halogens is 1. The Bertz CT molecular complexity index is 1380. The van der Waals surface area contributed by atoms with Crippen molar-refractivity contribution < 1.29 is 18.7 Å². The van der Waals surface area contributed by atoms with Gasteiger partial charge in [-0.2, -0.15) is 0 Å². The monoisotopic (exact) mass is 457 g/mol. The molecule has 6 nitrogen and oxygen atoms in total. The Hall–Kier alpha value is -4.13. The number of fused-ring (bicyclic) bond motifs is 3. The second-order valence-electron chi connectivity index (χ2n) is 8.16. The molecule has 5 rings (SSSR count). The first-order valence-corrected chi connectivity index (χ1v) is 11.3. The number of aromatic amines is 1. The molecule has 0 aliphatic carbocycles. The molecule has 0 fully saturated rings. The summed E-state index contributed by atoms with van der Waals surface area (Å²) in [5, 5.41) is 3.96. The third-order valence-electron chi connectivity index (χ3n) is 6.12. The Kier molecular flexibility index (Phi) is 5.76. The highest BCUT2D eigenvalue weighted by molar-refractivity contribution is 5.94. The fourth-order valence-corrected chi connectivity index (χ4v) is 4.61. The molecule has 2 amide bonds. The molecule has 1 atom stereocenters. The van der Waals surface area contributed by atoms with E-state index >= 15 is 0 Å². The zero-order chi connectivity index (χ0) is 23.7. The molecular formula is C27H24FN3O3. The van der Waals surface area contributed by atoms with Crippen molar-refractivity contribution in [2.45, 2.75) is 19.4 Å². The van der Waals surface area contributed by atoms with Gasteiger partial charge in [0.25, 0.3) is 0 Å². The number of nitrogens with one attached hydrogen (secondary N) is 2. The van der Waals surface area contributed by atoms with E-state index in [1.54, 1.807) is 54.3 Å². The van der Waals surface area contributed by atoms with Crippen LogP contribution in [0.2, 0.25) is 0 Å². The highest BCUT2D eigenvalue weighted by Gasteiger charge is 2.36. The molecule has 0 bridgehead atoms. The molecule has 1 aliphatic heterocycles. The largest absolute Gasteiger partial charge is 0.462 e. The van der Waals surface area contributed by atoms with Crippen molar-refractivity contribution in [2.75, 3.05) is 18.5 Å². The fraction of sp³-hybridized carbons (Fsp3) is 0.185. The van der Waals surface area contributed by atoms with E-state index in [1.807, 2.05) is 24.3 Å². The maximum Gasteiger partial charge on any atom is 0.338 e. The first kappa shape index (κ1) is 21.7. The number of nitrogens with zero attached hydrogens (tertiary/aromatic N) is 1. The maximum absolute atomic E-state index is 15.0. The van der Waals surface area contributed by atoms with Crippen molar-refractivity contribution in [3.8, 4) is 0 Å². The number of amides is 2. The van der Waals surface area contributed by atoms with Gasteiger partial charge in [0.15, 0.2) is 0 Å². The number of benzene rings is 3. The van der Waals surface area contributed by atoms with E-state index in [4.69, 9.17) is 4.74 Å². The van der Waals surface area contributed by atoms with Crippen molar-refractivity contribution in [1.82, 2.24) is 9.88 Å². The first-order chi connectivity index (χ1) is 16.6. The first-order valence-electron chi connectivity index (χ1n) is 11.3. The minimum absolute atomic E-state index is 0.264. The summed E-state index contributed by atoms with van der Waals surface area (Å²) < 4.78 is 20.0. The summed E-state index contributed by atoms with van der Waals surface area (Å²) in [6.07, 6.45) is 0.639. The lowest BCUT2D eigenvalue weighted by Gasteiger charge is -2.36. The van der Waals surface area contributed by atoms with Gasteiger partial charge in [-0.15, -0.1) is 0 Å². The van der Waals surface area contributed by atoms with E-state index in [0.29, 0.717) is 29.8 Å². The van der Waals surface area contributed by atoms with Gasteiger partial charge in [0.2, 0.25) is 0 Å². The molecule has 0 radical (unpaired) electrons.